The Morgan fingerprint density at radius 1 is 1.16 bits per heavy atom. The van der Waals surface area contributed by atoms with Crippen LogP contribution in [0.2, 0.25) is 0 Å². The second-order valence-electron chi connectivity index (χ2n) is 6.22. The van der Waals surface area contributed by atoms with Crippen LogP contribution in [0.3, 0.4) is 0 Å². The lowest BCUT2D eigenvalue weighted by Crippen LogP contribution is -2.42. The van der Waals surface area contributed by atoms with Gasteiger partial charge in [0.2, 0.25) is 5.91 Å². The number of rotatable bonds is 3. The lowest BCUT2D eigenvalue weighted by Gasteiger charge is -2.21. The van der Waals surface area contributed by atoms with E-state index in [9.17, 15) is 9.59 Å². The minimum Gasteiger partial charge on any atom is -0.339 e. The van der Waals surface area contributed by atoms with E-state index in [2.05, 4.69) is 10.3 Å². The summed E-state index contributed by atoms with van der Waals surface area (Å²) in [4.78, 5) is 31.4. The summed E-state index contributed by atoms with van der Waals surface area (Å²) >= 11 is 0. The van der Waals surface area contributed by atoms with Crippen LogP contribution >= 0.6 is 0 Å². The molecule has 0 bridgehead atoms. The highest BCUT2D eigenvalue weighted by molar-refractivity contribution is 6.04. The van der Waals surface area contributed by atoms with Crippen molar-refractivity contribution in [1.82, 2.24) is 14.7 Å². The molecular formula is C19H18N4O2. The molecule has 6 nitrogen and oxygen atoms in total. The SMILES string of the molecule is C[C@H]1C[C@@H](NC(=O)c2cccc3nccn23)C(=O)N1c1ccccc1. The minimum atomic E-state index is -0.526. The van der Waals surface area contributed by atoms with Crippen molar-refractivity contribution in [2.75, 3.05) is 4.90 Å². The number of aromatic nitrogens is 2. The molecule has 1 N–H and O–H groups in total. The lowest BCUT2D eigenvalue weighted by molar-refractivity contribution is -0.118. The molecular weight excluding hydrogens is 316 g/mol. The molecule has 0 saturated carbocycles. The quantitative estimate of drug-likeness (QED) is 0.799. The Hall–Kier alpha value is -3.15. The van der Waals surface area contributed by atoms with Crippen LogP contribution in [0, 0.1) is 0 Å². The normalized spacial score (nSPS) is 20.2. The number of anilines is 1. The van der Waals surface area contributed by atoms with Crippen LogP contribution in [-0.4, -0.2) is 33.3 Å². The maximum absolute atomic E-state index is 12.8. The standard InChI is InChI=1S/C19H18N4O2/c1-13-12-15(19(25)23(13)14-6-3-2-4-7-14)21-18(24)16-8-5-9-17-20-10-11-22(16)17/h2-11,13,15H,12H2,1H3,(H,21,24)/t13-,15+/m0/s1. The van der Waals surface area contributed by atoms with E-state index in [0.717, 1.165) is 5.69 Å². The highest BCUT2D eigenvalue weighted by Gasteiger charge is 2.39. The van der Waals surface area contributed by atoms with Crippen molar-refractivity contribution >= 4 is 23.1 Å². The van der Waals surface area contributed by atoms with E-state index >= 15 is 0 Å². The largest absolute Gasteiger partial charge is 0.339 e. The van der Waals surface area contributed by atoms with Crippen LogP contribution in [-0.2, 0) is 4.79 Å². The van der Waals surface area contributed by atoms with Gasteiger partial charge in [-0.25, -0.2) is 4.98 Å². The first-order chi connectivity index (χ1) is 12.1. The summed E-state index contributed by atoms with van der Waals surface area (Å²) < 4.78 is 1.72. The van der Waals surface area contributed by atoms with Crippen LogP contribution in [0.1, 0.15) is 23.8 Å². The molecule has 1 fully saturated rings. The van der Waals surface area contributed by atoms with Gasteiger partial charge < -0.3 is 10.2 Å². The fourth-order valence-corrected chi connectivity index (χ4v) is 3.39. The highest BCUT2D eigenvalue weighted by Crippen LogP contribution is 2.26. The van der Waals surface area contributed by atoms with Crippen LogP contribution in [0.25, 0.3) is 5.65 Å². The van der Waals surface area contributed by atoms with Crippen molar-refractivity contribution in [3.8, 4) is 0 Å². The zero-order valence-electron chi connectivity index (χ0n) is 13.8. The van der Waals surface area contributed by atoms with Crippen molar-refractivity contribution in [3.63, 3.8) is 0 Å². The van der Waals surface area contributed by atoms with Crippen LogP contribution in [0.4, 0.5) is 5.69 Å². The molecule has 0 aliphatic carbocycles. The van der Waals surface area contributed by atoms with Crippen molar-refractivity contribution in [2.45, 2.75) is 25.4 Å². The first kappa shape index (κ1) is 15.4. The first-order valence-electron chi connectivity index (χ1n) is 8.26. The number of nitrogens with one attached hydrogen (secondary N) is 1. The van der Waals surface area contributed by atoms with Gasteiger partial charge in [-0.3, -0.25) is 14.0 Å². The zero-order valence-corrected chi connectivity index (χ0v) is 13.8. The van der Waals surface area contributed by atoms with Gasteiger partial charge in [0.05, 0.1) is 0 Å². The average Bonchev–Trinajstić information content (AvgIpc) is 3.20. The summed E-state index contributed by atoms with van der Waals surface area (Å²) in [5.41, 5.74) is 2.02. The van der Waals surface area contributed by atoms with Gasteiger partial charge in [0.15, 0.2) is 0 Å². The van der Waals surface area contributed by atoms with Gasteiger partial charge in [-0.15, -0.1) is 0 Å². The molecule has 3 heterocycles. The van der Waals surface area contributed by atoms with Crippen molar-refractivity contribution in [3.05, 3.63) is 66.6 Å². The average molecular weight is 334 g/mol. The topological polar surface area (TPSA) is 66.7 Å². The molecule has 0 radical (unpaired) electrons. The number of pyridine rings is 1. The monoisotopic (exact) mass is 334 g/mol. The molecule has 126 valence electrons. The predicted molar refractivity (Wildman–Crippen MR) is 94.5 cm³/mol. The van der Waals surface area contributed by atoms with Crippen LogP contribution in [0.15, 0.2) is 60.9 Å². The highest BCUT2D eigenvalue weighted by atomic mass is 16.2. The second-order valence-corrected chi connectivity index (χ2v) is 6.22. The lowest BCUT2D eigenvalue weighted by atomic mass is 10.2. The zero-order chi connectivity index (χ0) is 17.4. The van der Waals surface area contributed by atoms with Gasteiger partial charge in [-0.2, -0.15) is 0 Å². The summed E-state index contributed by atoms with van der Waals surface area (Å²) in [6, 6.07) is 14.4. The summed E-state index contributed by atoms with van der Waals surface area (Å²) in [5, 5.41) is 2.88. The van der Waals surface area contributed by atoms with Crippen LogP contribution < -0.4 is 10.2 Å². The third kappa shape index (κ3) is 2.65. The molecule has 25 heavy (non-hydrogen) atoms. The molecule has 0 spiro atoms. The molecule has 1 saturated heterocycles. The van der Waals surface area contributed by atoms with Gasteiger partial charge in [0, 0.05) is 24.1 Å². The Bertz CT molecular complexity index is 935. The van der Waals surface area contributed by atoms with Crippen LogP contribution in [0.5, 0.6) is 0 Å². The summed E-state index contributed by atoms with van der Waals surface area (Å²) in [5.74, 6) is -0.353. The fourth-order valence-electron chi connectivity index (χ4n) is 3.39. The van der Waals surface area contributed by atoms with Gasteiger partial charge in [-0.05, 0) is 37.6 Å². The minimum absolute atomic E-state index is 0.0317. The molecule has 3 aromatic rings. The van der Waals surface area contributed by atoms with Crippen molar-refractivity contribution < 1.29 is 9.59 Å². The first-order valence-corrected chi connectivity index (χ1v) is 8.26. The molecule has 1 aliphatic heterocycles. The Labute approximate surface area is 145 Å². The number of benzene rings is 1. The Kier molecular flexibility index (Phi) is 3.72. The number of imidazole rings is 1. The number of carbonyl (C=O) groups is 2. The van der Waals surface area contributed by atoms with E-state index in [-0.39, 0.29) is 17.9 Å². The summed E-state index contributed by atoms with van der Waals surface area (Å²) in [6.45, 7) is 1.99. The third-order valence-electron chi connectivity index (χ3n) is 4.55. The second kappa shape index (κ2) is 6.05. The summed E-state index contributed by atoms with van der Waals surface area (Å²) in [7, 11) is 0. The number of fused-ring (bicyclic) bond motifs is 1. The molecule has 0 unspecified atom stereocenters. The summed E-state index contributed by atoms with van der Waals surface area (Å²) in [6.07, 6.45) is 3.96. The Morgan fingerprint density at radius 3 is 2.76 bits per heavy atom. The van der Waals surface area contributed by atoms with E-state index in [1.165, 1.54) is 0 Å². The molecule has 2 aromatic heterocycles. The number of carbonyl (C=O) groups excluding carboxylic acids is 2. The predicted octanol–water partition coefficient (Wildman–Crippen LogP) is 2.26. The number of nitrogens with zero attached hydrogens (tertiary/aromatic N) is 3. The van der Waals surface area contributed by atoms with Gasteiger partial charge in [0.25, 0.3) is 5.91 Å². The number of hydrogen-bond acceptors (Lipinski definition) is 3. The Balaban J connectivity index is 1.56. The maximum atomic E-state index is 12.8. The van der Waals surface area contributed by atoms with Gasteiger partial charge in [-0.1, -0.05) is 24.3 Å². The van der Waals surface area contributed by atoms with E-state index in [4.69, 9.17) is 0 Å². The van der Waals surface area contributed by atoms with E-state index in [1.807, 2.05) is 43.3 Å². The van der Waals surface area contributed by atoms with E-state index < -0.39 is 6.04 Å². The molecule has 1 aliphatic rings. The number of para-hydroxylation sites is 1. The molecule has 2 amide bonds. The van der Waals surface area contributed by atoms with Gasteiger partial charge >= 0.3 is 0 Å². The fraction of sp³-hybridized carbons (Fsp3) is 0.211. The van der Waals surface area contributed by atoms with Gasteiger partial charge in [0.1, 0.15) is 17.4 Å². The Morgan fingerprint density at radius 2 is 1.96 bits per heavy atom. The van der Waals surface area contributed by atoms with Crippen molar-refractivity contribution in [2.24, 2.45) is 0 Å². The van der Waals surface area contributed by atoms with E-state index in [1.54, 1.807) is 33.8 Å². The third-order valence-corrected chi connectivity index (χ3v) is 4.55. The molecule has 4 rings (SSSR count). The number of amides is 2. The molecule has 1 aromatic carbocycles. The number of hydrogen-bond donors (Lipinski definition) is 1. The van der Waals surface area contributed by atoms with Crippen molar-refractivity contribution in [1.29, 1.82) is 0 Å². The maximum Gasteiger partial charge on any atom is 0.268 e. The molecule has 2 atom stereocenters. The smallest absolute Gasteiger partial charge is 0.268 e. The van der Waals surface area contributed by atoms with E-state index in [0.29, 0.717) is 17.8 Å². The molecule has 6 heteroatoms.